The minimum absolute atomic E-state index is 0.00568. The van der Waals surface area contributed by atoms with Crippen LogP contribution in [0.25, 0.3) is 5.82 Å². The number of hydrogen-bond acceptors (Lipinski definition) is 6. The second-order valence-electron chi connectivity index (χ2n) is 7.88. The first-order chi connectivity index (χ1) is 13.6. The third-order valence-electron chi connectivity index (χ3n) is 5.90. The molecule has 2 amide bonds. The van der Waals surface area contributed by atoms with Crippen LogP contribution in [0.5, 0.6) is 0 Å². The Morgan fingerprint density at radius 1 is 1.32 bits per heavy atom. The van der Waals surface area contributed by atoms with Crippen LogP contribution in [0.2, 0.25) is 0 Å². The van der Waals surface area contributed by atoms with E-state index in [4.69, 9.17) is 0 Å². The predicted molar refractivity (Wildman–Crippen MR) is 99.6 cm³/mol. The molecular formula is C18H26N8O2. The molecule has 2 saturated heterocycles. The van der Waals surface area contributed by atoms with Gasteiger partial charge >= 0.3 is 0 Å². The smallest absolute Gasteiger partial charge is 0.259 e. The Bertz CT molecular complexity index is 833. The topological polar surface area (TPSA) is 113 Å². The lowest BCUT2D eigenvalue weighted by Crippen LogP contribution is -2.55. The average molecular weight is 386 g/mol. The molecule has 1 N–H and O–H groups in total. The van der Waals surface area contributed by atoms with Gasteiger partial charge < -0.3 is 9.80 Å². The number of nitrogens with one attached hydrogen (secondary N) is 1. The molecule has 0 aromatic carbocycles. The quantitative estimate of drug-likeness (QED) is 0.821. The third kappa shape index (κ3) is 3.50. The van der Waals surface area contributed by atoms with Crippen molar-refractivity contribution in [2.75, 3.05) is 26.2 Å². The van der Waals surface area contributed by atoms with Gasteiger partial charge in [0.2, 0.25) is 5.91 Å². The lowest BCUT2D eigenvalue weighted by atomic mass is 9.73. The Kier molecular flexibility index (Phi) is 5.10. The summed E-state index contributed by atoms with van der Waals surface area (Å²) in [5.74, 6) is 0.576. The molecule has 2 aliphatic rings. The first-order valence-electron chi connectivity index (χ1n) is 9.96. The summed E-state index contributed by atoms with van der Waals surface area (Å²) < 4.78 is 1.38. The molecule has 0 radical (unpaired) electrons. The van der Waals surface area contributed by atoms with Gasteiger partial charge in [0.15, 0.2) is 5.82 Å². The third-order valence-corrected chi connectivity index (χ3v) is 5.90. The Balaban J connectivity index is 1.50. The van der Waals surface area contributed by atoms with Gasteiger partial charge in [-0.05, 0) is 36.1 Å². The van der Waals surface area contributed by atoms with E-state index in [0.717, 1.165) is 45.2 Å². The molecular weight excluding hydrogens is 360 g/mol. The number of aromatic nitrogens is 6. The number of H-pyrrole nitrogens is 1. The number of nitrogens with zero attached hydrogens (tertiary/aromatic N) is 7. The minimum atomic E-state index is -0.0738. The van der Waals surface area contributed by atoms with Crippen molar-refractivity contribution in [3.8, 4) is 5.82 Å². The SMILES string of the molecule is CCCCN1CC2(CCCN(C(=O)c3c[nH]nc3-n3cnnn3)C2)CCC1=O. The number of tetrazole rings is 1. The molecule has 2 aliphatic heterocycles. The van der Waals surface area contributed by atoms with Crippen molar-refractivity contribution in [3.63, 3.8) is 0 Å². The molecule has 150 valence electrons. The minimum Gasteiger partial charge on any atom is -0.342 e. The summed E-state index contributed by atoms with van der Waals surface area (Å²) in [6, 6.07) is 0. The molecule has 1 unspecified atom stereocenters. The van der Waals surface area contributed by atoms with Gasteiger partial charge in [-0.3, -0.25) is 14.7 Å². The number of amides is 2. The molecule has 4 heterocycles. The standard InChI is InChI=1S/C18H26N8O2/c1-2-3-8-24-11-18(7-5-15(24)27)6-4-9-25(12-18)17(28)14-10-19-21-16(14)26-13-20-22-23-26/h10,13H,2-9,11-12H2,1H3,(H,19,21). The maximum Gasteiger partial charge on any atom is 0.259 e. The molecule has 1 spiro atoms. The second kappa shape index (κ2) is 7.69. The number of unbranched alkanes of at least 4 members (excludes halogenated alkanes) is 1. The van der Waals surface area contributed by atoms with E-state index in [1.807, 2.05) is 9.80 Å². The summed E-state index contributed by atoms with van der Waals surface area (Å²) in [5, 5.41) is 17.9. The van der Waals surface area contributed by atoms with Gasteiger partial charge in [-0.15, -0.1) is 5.10 Å². The van der Waals surface area contributed by atoms with Gasteiger partial charge in [-0.1, -0.05) is 13.3 Å². The van der Waals surface area contributed by atoms with Crippen LogP contribution in [-0.2, 0) is 4.79 Å². The molecule has 28 heavy (non-hydrogen) atoms. The van der Waals surface area contributed by atoms with Crippen LogP contribution >= 0.6 is 0 Å². The van der Waals surface area contributed by atoms with E-state index in [1.54, 1.807) is 6.20 Å². The van der Waals surface area contributed by atoms with E-state index in [0.29, 0.717) is 30.9 Å². The lowest BCUT2D eigenvalue weighted by Gasteiger charge is -2.48. The highest BCUT2D eigenvalue weighted by atomic mass is 16.2. The summed E-state index contributed by atoms with van der Waals surface area (Å²) in [6.07, 6.45) is 8.53. The Morgan fingerprint density at radius 3 is 3.00 bits per heavy atom. The van der Waals surface area contributed by atoms with Gasteiger partial charge in [0, 0.05) is 44.2 Å². The van der Waals surface area contributed by atoms with Crippen LogP contribution in [0, 0.1) is 5.41 Å². The summed E-state index contributed by atoms with van der Waals surface area (Å²) in [4.78, 5) is 29.4. The van der Waals surface area contributed by atoms with Crippen molar-refractivity contribution >= 4 is 11.8 Å². The summed E-state index contributed by atoms with van der Waals surface area (Å²) >= 11 is 0. The maximum absolute atomic E-state index is 13.2. The number of likely N-dealkylation sites (tertiary alicyclic amines) is 2. The molecule has 0 aliphatic carbocycles. The van der Waals surface area contributed by atoms with E-state index in [1.165, 1.54) is 11.0 Å². The van der Waals surface area contributed by atoms with Crippen molar-refractivity contribution < 1.29 is 9.59 Å². The molecule has 1 atom stereocenters. The Hall–Kier alpha value is -2.78. The lowest BCUT2D eigenvalue weighted by molar-refractivity contribution is -0.139. The summed E-state index contributed by atoms with van der Waals surface area (Å²) in [7, 11) is 0. The highest BCUT2D eigenvalue weighted by molar-refractivity contribution is 5.97. The van der Waals surface area contributed by atoms with Gasteiger partial charge in [-0.2, -0.15) is 9.78 Å². The first-order valence-corrected chi connectivity index (χ1v) is 9.96. The van der Waals surface area contributed by atoms with Crippen LogP contribution in [0.1, 0.15) is 55.8 Å². The van der Waals surface area contributed by atoms with Crippen molar-refractivity contribution in [3.05, 3.63) is 18.1 Å². The molecule has 2 aromatic rings. The number of aromatic amines is 1. The van der Waals surface area contributed by atoms with Crippen molar-refractivity contribution in [1.29, 1.82) is 0 Å². The van der Waals surface area contributed by atoms with Gasteiger partial charge in [0.25, 0.3) is 5.91 Å². The van der Waals surface area contributed by atoms with Gasteiger partial charge in [0.05, 0.1) is 0 Å². The molecule has 10 nitrogen and oxygen atoms in total. The van der Waals surface area contributed by atoms with Crippen molar-refractivity contribution in [2.45, 2.75) is 45.4 Å². The summed E-state index contributed by atoms with van der Waals surface area (Å²) in [5.41, 5.74) is 0.452. The van der Waals surface area contributed by atoms with E-state index < -0.39 is 0 Å². The van der Waals surface area contributed by atoms with Crippen LogP contribution in [0.3, 0.4) is 0 Å². The maximum atomic E-state index is 13.2. The number of carbonyl (C=O) groups excluding carboxylic acids is 2. The zero-order valence-electron chi connectivity index (χ0n) is 16.2. The monoisotopic (exact) mass is 386 g/mol. The number of piperidine rings is 2. The fourth-order valence-electron chi connectivity index (χ4n) is 4.41. The van der Waals surface area contributed by atoms with Crippen LogP contribution in [0.4, 0.5) is 0 Å². The average Bonchev–Trinajstić information content (AvgIpc) is 3.40. The first kappa shape index (κ1) is 18.6. The van der Waals surface area contributed by atoms with Crippen molar-refractivity contribution in [2.24, 2.45) is 5.41 Å². The van der Waals surface area contributed by atoms with E-state index in [9.17, 15) is 9.59 Å². The predicted octanol–water partition coefficient (Wildman–Crippen LogP) is 1.03. The largest absolute Gasteiger partial charge is 0.342 e. The number of rotatable bonds is 5. The van der Waals surface area contributed by atoms with E-state index >= 15 is 0 Å². The van der Waals surface area contributed by atoms with E-state index in [2.05, 4.69) is 32.6 Å². The molecule has 0 saturated carbocycles. The highest BCUT2D eigenvalue weighted by Gasteiger charge is 2.43. The van der Waals surface area contributed by atoms with Gasteiger partial charge in [-0.25, -0.2) is 0 Å². The fourth-order valence-corrected chi connectivity index (χ4v) is 4.41. The van der Waals surface area contributed by atoms with Crippen LogP contribution in [-0.4, -0.2) is 78.2 Å². The normalized spacial score (nSPS) is 22.8. The highest BCUT2D eigenvalue weighted by Crippen LogP contribution is 2.39. The summed E-state index contributed by atoms with van der Waals surface area (Å²) in [6.45, 7) is 5.08. The molecule has 0 bridgehead atoms. The molecule has 4 rings (SSSR count). The Labute approximate surface area is 163 Å². The number of carbonyl (C=O) groups is 2. The molecule has 2 aromatic heterocycles. The molecule has 2 fully saturated rings. The fraction of sp³-hybridized carbons (Fsp3) is 0.667. The second-order valence-corrected chi connectivity index (χ2v) is 7.88. The van der Waals surface area contributed by atoms with Crippen LogP contribution < -0.4 is 0 Å². The number of hydrogen-bond donors (Lipinski definition) is 1. The zero-order chi connectivity index (χ0) is 19.6. The molecule has 10 heteroatoms. The van der Waals surface area contributed by atoms with Crippen LogP contribution in [0.15, 0.2) is 12.5 Å². The van der Waals surface area contributed by atoms with Gasteiger partial charge in [0.1, 0.15) is 11.9 Å². The van der Waals surface area contributed by atoms with Crippen molar-refractivity contribution in [1.82, 2.24) is 40.2 Å². The van der Waals surface area contributed by atoms with E-state index in [-0.39, 0.29) is 17.2 Å². The zero-order valence-corrected chi connectivity index (χ0v) is 16.2. The Morgan fingerprint density at radius 2 is 2.21 bits per heavy atom.